The van der Waals surface area contributed by atoms with E-state index in [-0.39, 0.29) is 5.56 Å². The second-order valence-corrected chi connectivity index (χ2v) is 4.90. The summed E-state index contributed by atoms with van der Waals surface area (Å²) in [6.45, 7) is 3.35. The zero-order chi connectivity index (χ0) is 13.8. The van der Waals surface area contributed by atoms with Crippen LogP contribution in [0, 0.1) is 0 Å². The van der Waals surface area contributed by atoms with Crippen LogP contribution in [-0.2, 0) is 6.54 Å². The lowest BCUT2D eigenvalue weighted by Gasteiger charge is -2.06. The minimum Gasteiger partial charge on any atom is -0.311 e. The number of hydrogen-bond acceptors (Lipinski definition) is 3. The van der Waals surface area contributed by atoms with Gasteiger partial charge in [-0.25, -0.2) is 4.98 Å². The van der Waals surface area contributed by atoms with E-state index in [1.165, 1.54) is 6.07 Å². The SMILES string of the molecule is CCNCc1cc(=O)[nH]c(-c2cc(Cl)cc(Cl)c2)n1. The number of benzene rings is 1. The number of rotatable bonds is 4. The lowest BCUT2D eigenvalue weighted by molar-refractivity contribution is 0.708. The standard InChI is InChI=1S/C13H13Cl2N3O/c1-2-16-7-11-6-12(19)18-13(17-11)8-3-9(14)5-10(15)4-8/h3-6,16H,2,7H2,1H3,(H,17,18,19). The van der Waals surface area contributed by atoms with Crippen molar-refractivity contribution in [3.8, 4) is 11.4 Å². The van der Waals surface area contributed by atoms with Crippen LogP contribution >= 0.6 is 23.2 Å². The Balaban J connectivity index is 2.43. The van der Waals surface area contributed by atoms with Gasteiger partial charge in [-0.3, -0.25) is 4.79 Å². The van der Waals surface area contributed by atoms with Crippen LogP contribution in [0.15, 0.2) is 29.1 Å². The number of aromatic amines is 1. The highest BCUT2D eigenvalue weighted by molar-refractivity contribution is 6.35. The summed E-state index contributed by atoms with van der Waals surface area (Å²) in [5.74, 6) is 0.463. The average molecular weight is 298 g/mol. The Morgan fingerprint density at radius 1 is 1.21 bits per heavy atom. The Hall–Kier alpha value is -1.36. The van der Waals surface area contributed by atoms with E-state index < -0.39 is 0 Å². The molecule has 2 rings (SSSR count). The van der Waals surface area contributed by atoms with Gasteiger partial charge in [-0.2, -0.15) is 0 Å². The Bertz CT molecular complexity index is 620. The fraction of sp³-hybridized carbons (Fsp3) is 0.231. The number of halogens is 2. The molecule has 6 heteroatoms. The highest BCUT2D eigenvalue weighted by Crippen LogP contribution is 2.24. The lowest BCUT2D eigenvalue weighted by Crippen LogP contribution is -2.17. The molecule has 0 atom stereocenters. The van der Waals surface area contributed by atoms with E-state index in [9.17, 15) is 4.79 Å². The third-order valence-corrected chi connectivity index (χ3v) is 2.92. The molecule has 4 nitrogen and oxygen atoms in total. The Labute approximate surface area is 120 Å². The largest absolute Gasteiger partial charge is 0.311 e. The highest BCUT2D eigenvalue weighted by atomic mass is 35.5. The minimum absolute atomic E-state index is 0.200. The molecule has 100 valence electrons. The molecule has 0 fully saturated rings. The first-order valence-corrected chi connectivity index (χ1v) is 6.61. The van der Waals surface area contributed by atoms with Crippen molar-refractivity contribution in [3.63, 3.8) is 0 Å². The Kier molecular flexibility index (Phi) is 4.58. The van der Waals surface area contributed by atoms with Crippen molar-refractivity contribution in [2.45, 2.75) is 13.5 Å². The van der Waals surface area contributed by atoms with Crippen LogP contribution < -0.4 is 10.9 Å². The molecule has 1 aromatic carbocycles. The second kappa shape index (κ2) is 6.19. The predicted octanol–water partition coefficient (Wildman–Crippen LogP) is 2.85. The van der Waals surface area contributed by atoms with Gasteiger partial charge in [0.2, 0.25) is 0 Å². The van der Waals surface area contributed by atoms with E-state index in [0.29, 0.717) is 33.7 Å². The molecule has 0 radical (unpaired) electrons. The molecule has 0 aliphatic heterocycles. The first kappa shape index (κ1) is 14.1. The van der Waals surface area contributed by atoms with Gasteiger partial charge < -0.3 is 10.3 Å². The van der Waals surface area contributed by atoms with Crippen molar-refractivity contribution in [2.75, 3.05) is 6.54 Å². The van der Waals surface area contributed by atoms with Gasteiger partial charge in [0.05, 0.1) is 5.69 Å². The quantitative estimate of drug-likeness (QED) is 0.912. The van der Waals surface area contributed by atoms with Crippen LogP contribution in [-0.4, -0.2) is 16.5 Å². The van der Waals surface area contributed by atoms with E-state index in [0.717, 1.165) is 6.54 Å². The first-order valence-electron chi connectivity index (χ1n) is 5.86. The molecule has 0 aliphatic rings. The van der Waals surface area contributed by atoms with Crippen molar-refractivity contribution in [2.24, 2.45) is 0 Å². The maximum absolute atomic E-state index is 11.6. The predicted molar refractivity (Wildman–Crippen MR) is 77.7 cm³/mol. The molecular formula is C13H13Cl2N3O. The highest BCUT2D eigenvalue weighted by Gasteiger charge is 2.06. The van der Waals surface area contributed by atoms with Crippen LogP contribution in [0.2, 0.25) is 10.0 Å². The molecule has 0 saturated carbocycles. The van der Waals surface area contributed by atoms with Crippen molar-refractivity contribution in [1.29, 1.82) is 0 Å². The van der Waals surface area contributed by atoms with Gasteiger partial charge >= 0.3 is 0 Å². The summed E-state index contributed by atoms with van der Waals surface area (Å²) in [6, 6.07) is 6.52. The summed E-state index contributed by atoms with van der Waals surface area (Å²) < 4.78 is 0. The third-order valence-electron chi connectivity index (χ3n) is 2.49. The van der Waals surface area contributed by atoms with Gasteiger partial charge in [-0.1, -0.05) is 30.1 Å². The molecule has 0 amide bonds. The Morgan fingerprint density at radius 2 is 1.89 bits per heavy atom. The molecule has 0 aliphatic carbocycles. The summed E-state index contributed by atoms with van der Waals surface area (Å²) in [5, 5.41) is 4.13. The van der Waals surface area contributed by atoms with E-state index in [2.05, 4.69) is 15.3 Å². The summed E-state index contributed by atoms with van der Waals surface area (Å²) in [4.78, 5) is 18.7. The smallest absolute Gasteiger partial charge is 0.251 e. The molecule has 0 spiro atoms. The number of nitrogens with one attached hydrogen (secondary N) is 2. The van der Waals surface area contributed by atoms with E-state index in [1.807, 2.05) is 6.92 Å². The molecular weight excluding hydrogens is 285 g/mol. The summed E-state index contributed by atoms with van der Waals surface area (Å²) >= 11 is 11.9. The van der Waals surface area contributed by atoms with Crippen molar-refractivity contribution in [3.05, 3.63) is 50.4 Å². The summed E-state index contributed by atoms with van der Waals surface area (Å²) in [6.07, 6.45) is 0. The van der Waals surface area contributed by atoms with Crippen LogP contribution in [0.1, 0.15) is 12.6 Å². The van der Waals surface area contributed by atoms with Gasteiger partial charge in [0.25, 0.3) is 5.56 Å². The Morgan fingerprint density at radius 3 is 2.53 bits per heavy atom. The van der Waals surface area contributed by atoms with Crippen molar-refractivity contribution in [1.82, 2.24) is 15.3 Å². The molecule has 2 N–H and O–H groups in total. The number of aromatic nitrogens is 2. The molecule has 0 unspecified atom stereocenters. The monoisotopic (exact) mass is 297 g/mol. The van der Waals surface area contributed by atoms with Crippen LogP contribution in [0.3, 0.4) is 0 Å². The number of nitrogens with zero attached hydrogens (tertiary/aromatic N) is 1. The van der Waals surface area contributed by atoms with Crippen LogP contribution in [0.25, 0.3) is 11.4 Å². The molecule has 0 saturated heterocycles. The number of H-pyrrole nitrogens is 1. The lowest BCUT2D eigenvalue weighted by atomic mass is 10.2. The van der Waals surface area contributed by atoms with Gasteiger partial charge in [0.1, 0.15) is 5.82 Å². The molecule has 2 aromatic rings. The summed E-state index contributed by atoms with van der Waals surface area (Å²) in [5.41, 5.74) is 1.17. The van der Waals surface area contributed by atoms with E-state index in [1.54, 1.807) is 18.2 Å². The van der Waals surface area contributed by atoms with E-state index in [4.69, 9.17) is 23.2 Å². The zero-order valence-electron chi connectivity index (χ0n) is 10.3. The van der Waals surface area contributed by atoms with E-state index >= 15 is 0 Å². The van der Waals surface area contributed by atoms with Gasteiger partial charge in [0.15, 0.2) is 0 Å². The van der Waals surface area contributed by atoms with Gasteiger partial charge in [0, 0.05) is 28.2 Å². The maximum atomic E-state index is 11.6. The average Bonchev–Trinajstić information content (AvgIpc) is 2.34. The number of hydrogen-bond donors (Lipinski definition) is 2. The van der Waals surface area contributed by atoms with Gasteiger partial charge in [-0.05, 0) is 24.7 Å². The molecule has 19 heavy (non-hydrogen) atoms. The fourth-order valence-corrected chi connectivity index (χ4v) is 2.20. The van der Waals surface area contributed by atoms with Crippen LogP contribution in [0.5, 0.6) is 0 Å². The van der Waals surface area contributed by atoms with Crippen molar-refractivity contribution >= 4 is 23.2 Å². The first-order chi connectivity index (χ1) is 9.08. The maximum Gasteiger partial charge on any atom is 0.251 e. The second-order valence-electron chi connectivity index (χ2n) is 4.02. The third kappa shape index (κ3) is 3.80. The fourth-order valence-electron chi connectivity index (χ4n) is 1.68. The molecule has 1 aromatic heterocycles. The molecule has 0 bridgehead atoms. The topological polar surface area (TPSA) is 57.8 Å². The van der Waals surface area contributed by atoms with Crippen molar-refractivity contribution < 1.29 is 0 Å². The summed E-state index contributed by atoms with van der Waals surface area (Å²) in [7, 11) is 0. The minimum atomic E-state index is -0.200. The normalized spacial score (nSPS) is 10.7. The molecule has 1 heterocycles. The van der Waals surface area contributed by atoms with Gasteiger partial charge in [-0.15, -0.1) is 0 Å². The zero-order valence-corrected chi connectivity index (χ0v) is 11.8. The van der Waals surface area contributed by atoms with Crippen LogP contribution in [0.4, 0.5) is 0 Å².